The van der Waals surface area contributed by atoms with E-state index in [1.54, 1.807) is 0 Å². The second-order valence-electron chi connectivity index (χ2n) is 1.31. The number of ether oxygens (including phenoxy) is 1. The van der Waals surface area contributed by atoms with Crippen LogP contribution in [0, 0.1) is 0 Å². The molecule has 8 heavy (non-hydrogen) atoms. The standard InChI is InChI=1S/C4H4O3S/c5-1-4-7-3(6)2-8-4/h1,4H,2H2. The first-order valence-corrected chi connectivity index (χ1v) is 3.14. The molecule has 0 aromatic carbocycles. The fraction of sp³-hybridized carbons (Fsp3) is 0.500. The van der Waals surface area contributed by atoms with E-state index in [4.69, 9.17) is 0 Å². The largest absolute Gasteiger partial charge is 0.443 e. The lowest BCUT2D eigenvalue weighted by Gasteiger charge is -1.93. The molecule has 3 nitrogen and oxygen atoms in total. The zero-order valence-electron chi connectivity index (χ0n) is 3.99. The fourth-order valence-electron chi connectivity index (χ4n) is 0.415. The molecule has 1 fully saturated rings. The van der Waals surface area contributed by atoms with Gasteiger partial charge in [0.05, 0.1) is 5.75 Å². The predicted molar refractivity (Wildman–Crippen MR) is 28.4 cm³/mol. The summed E-state index contributed by atoms with van der Waals surface area (Å²) >= 11 is 1.21. The van der Waals surface area contributed by atoms with Crippen LogP contribution < -0.4 is 0 Å². The van der Waals surface area contributed by atoms with Crippen molar-refractivity contribution >= 4 is 24.0 Å². The minimum atomic E-state index is -0.539. The molecule has 0 bridgehead atoms. The van der Waals surface area contributed by atoms with E-state index in [1.807, 2.05) is 0 Å². The van der Waals surface area contributed by atoms with E-state index < -0.39 is 5.44 Å². The van der Waals surface area contributed by atoms with Gasteiger partial charge >= 0.3 is 5.97 Å². The summed E-state index contributed by atoms with van der Waals surface area (Å²) in [5.41, 5.74) is -0.539. The van der Waals surface area contributed by atoms with Crippen LogP contribution in [0.1, 0.15) is 0 Å². The number of thioether (sulfide) groups is 1. The first kappa shape index (κ1) is 5.62. The SMILES string of the molecule is O=CC1OC(=O)CS1. The van der Waals surface area contributed by atoms with Gasteiger partial charge in [-0.3, -0.25) is 9.59 Å². The summed E-state index contributed by atoms with van der Waals surface area (Å²) in [6, 6.07) is 0. The molecule has 0 N–H and O–H groups in total. The molecule has 1 saturated heterocycles. The molecule has 0 aromatic rings. The van der Waals surface area contributed by atoms with Crippen LogP contribution in [0.4, 0.5) is 0 Å². The highest BCUT2D eigenvalue weighted by molar-refractivity contribution is 8.01. The maximum atomic E-state index is 10.2. The first-order chi connectivity index (χ1) is 3.83. The zero-order valence-corrected chi connectivity index (χ0v) is 4.81. The van der Waals surface area contributed by atoms with Crippen LogP contribution in [0.3, 0.4) is 0 Å². The van der Waals surface area contributed by atoms with Crippen molar-refractivity contribution in [2.75, 3.05) is 5.75 Å². The number of carbonyl (C=O) groups is 2. The number of aldehydes is 1. The molecule has 44 valence electrons. The van der Waals surface area contributed by atoms with Gasteiger partial charge < -0.3 is 4.74 Å². The number of carbonyl (C=O) groups excluding carboxylic acids is 2. The van der Waals surface area contributed by atoms with Gasteiger partial charge in [-0.05, 0) is 0 Å². The second kappa shape index (κ2) is 2.17. The quantitative estimate of drug-likeness (QED) is 0.366. The highest BCUT2D eigenvalue weighted by Gasteiger charge is 2.22. The number of esters is 1. The Morgan fingerprint density at radius 2 is 2.62 bits per heavy atom. The summed E-state index contributed by atoms with van der Waals surface area (Å²) in [4.78, 5) is 20.1. The predicted octanol–water partition coefficient (Wildman–Crippen LogP) is -0.199. The smallest absolute Gasteiger partial charge is 0.317 e. The molecule has 1 aliphatic rings. The summed E-state index contributed by atoms with van der Waals surface area (Å²) in [5, 5.41) is 0. The lowest BCUT2D eigenvalue weighted by Crippen LogP contribution is -2.04. The average molecular weight is 132 g/mol. The third-order valence-electron chi connectivity index (χ3n) is 0.724. The van der Waals surface area contributed by atoms with Crippen molar-refractivity contribution in [2.24, 2.45) is 0 Å². The first-order valence-electron chi connectivity index (χ1n) is 2.09. The van der Waals surface area contributed by atoms with Gasteiger partial charge in [-0.2, -0.15) is 0 Å². The summed E-state index contributed by atoms with van der Waals surface area (Å²) in [6.07, 6.45) is 0.621. The van der Waals surface area contributed by atoms with E-state index >= 15 is 0 Å². The zero-order chi connectivity index (χ0) is 5.98. The van der Waals surface area contributed by atoms with Crippen molar-refractivity contribution in [3.63, 3.8) is 0 Å². The highest BCUT2D eigenvalue weighted by Crippen LogP contribution is 2.17. The lowest BCUT2D eigenvalue weighted by atomic mass is 10.8. The summed E-state index contributed by atoms with van der Waals surface area (Å²) < 4.78 is 4.47. The molecule has 0 spiro atoms. The third kappa shape index (κ3) is 1.01. The van der Waals surface area contributed by atoms with Crippen LogP contribution >= 0.6 is 11.8 Å². The van der Waals surface area contributed by atoms with Crippen molar-refractivity contribution in [1.29, 1.82) is 0 Å². The Hall–Kier alpha value is -0.510. The Morgan fingerprint density at radius 3 is 2.88 bits per heavy atom. The highest BCUT2D eigenvalue weighted by atomic mass is 32.2. The van der Waals surface area contributed by atoms with Gasteiger partial charge in [0.25, 0.3) is 0 Å². The van der Waals surface area contributed by atoms with Crippen molar-refractivity contribution < 1.29 is 14.3 Å². The molecule has 0 aromatic heterocycles. The average Bonchev–Trinajstić information content (AvgIpc) is 2.14. The summed E-state index contributed by atoms with van der Waals surface area (Å²) in [5.74, 6) is 0.00995. The minimum Gasteiger partial charge on any atom is -0.443 e. The second-order valence-corrected chi connectivity index (χ2v) is 2.39. The van der Waals surface area contributed by atoms with Crippen LogP contribution in [0.5, 0.6) is 0 Å². The molecule has 1 rings (SSSR count). The van der Waals surface area contributed by atoms with Crippen molar-refractivity contribution in [1.82, 2.24) is 0 Å². The minimum absolute atomic E-state index is 0.299. The lowest BCUT2D eigenvalue weighted by molar-refractivity contribution is -0.142. The molecule has 0 aliphatic carbocycles. The normalized spacial score (nSPS) is 27.5. The number of hydrogen-bond acceptors (Lipinski definition) is 4. The number of cyclic esters (lactones) is 1. The molecule has 1 unspecified atom stereocenters. The van der Waals surface area contributed by atoms with Crippen LogP contribution in [-0.2, 0) is 14.3 Å². The molecule has 0 saturated carbocycles. The van der Waals surface area contributed by atoms with E-state index in [0.29, 0.717) is 12.0 Å². The van der Waals surface area contributed by atoms with Crippen molar-refractivity contribution in [2.45, 2.75) is 5.44 Å². The number of rotatable bonds is 1. The molecule has 1 heterocycles. The summed E-state index contributed by atoms with van der Waals surface area (Å²) in [6.45, 7) is 0. The maximum Gasteiger partial charge on any atom is 0.317 e. The Kier molecular flexibility index (Phi) is 1.53. The van der Waals surface area contributed by atoms with Gasteiger partial charge in [-0.15, -0.1) is 0 Å². The molecule has 4 heteroatoms. The van der Waals surface area contributed by atoms with Crippen LogP contribution in [-0.4, -0.2) is 23.4 Å². The Morgan fingerprint density at radius 1 is 1.88 bits per heavy atom. The summed E-state index contributed by atoms with van der Waals surface area (Å²) in [7, 11) is 0. The Bertz CT molecular complexity index is 122. The van der Waals surface area contributed by atoms with Gasteiger partial charge in [-0.1, -0.05) is 11.8 Å². The monoisotopic (exact) mass is 132 g/mol. The van der Waals surface area contributed by atoms with E-state index in [1.165, 1.54) is 11.8 Å². The Balaban J connectivity index is 2.43. The van der Waals surface area contributed by atoms with E-state index in [2.05, 4.69) is 4.74 Å². The number of hydrogen-bond donors (Lipinski definition) is 0. The third-order valence-corrected chi connectivity index (χ3v) is 1.66. The fourth-order valence-corrected chi connectivity index (χ4v) is 1.04. The van der Waals surface area contributed by atoms with Crippen LogP contribution in [0.2, 0.25) is 0 Å². The van der Waals surface area contributed by atoms with Crippen molar-refractivity contribution in [3.8, 4) is 0 Å². The van der Waals surface area contributed by atoms with Gasteiger partial charge in [0, 0.05) is 0 Å². The van der Waals surface area contributed by atoms with Gasteiger partial charge in [0.1, 0.15) is 0 Å². The van der Waals surface area contributed by atoms with Gasteiger partial charge in [0.2, 0.25) is 5.44 Å². The molecule has 1 aliphatic heterocycles. The van der Waals surface area contributed by atoms with Crippen molar-refractivity contribution in [3.05, 3.63) is 0 Å². The molecule has 1 atom stereocenters. The van der Waals surface area contributed by atoms with Crippen LogP contribution in [0.15, 0.2) is 0 Å². The molecular weight excluding hydrogens is 128 g/mol. The maximum absolute atomic E-state index is 10.2. The molecule has 0 radical (unpaired) electrons. The van der Waals surface area contributed by atoms with Gasteiger partial charge in [-0.25, -0.2) is 0 Å². The van der Waals surface area contributed by atoms with Gasteiger partial charge in [0.15, 0.2) is 6.29 Å². The topological polar surface area (TPSA) is 43.4 Å². The molecule has 0 amide bonds. The Labute approximate surface area is 50.4 Å². The van der Waals surface area contributed by atoms with E-state index in [9.17, 15) is 9.59 Å². The van der Waals surface area contributed by atoms with E-state index in [-0.39, 0.29) is 5.97 Å². The van der Waals surface area contributed by atoms with Crippen LogP contribution in [0.25, 0.3) is 0 Å². The van der Waals surface area contributed by atoms with E-state index in [0.717, 1.165) is 0 Å². The molecular formula is C4H4O3S.